The van der Waals surface area contributed by atoms with Crippen molar-refractivity contribution in [2.24, 2.45) is 5.92 Å². The van der Waals surface area contributed by atoms with Gasteiger partial charge in [-0.25, -0.2) is 0 Å². The van der Waals surface area contributed by atoms with Crippen LogP contribution in [-0.4, -0.2) is 32.1 Å². The maximum atomic E-state index is 11.9. The number of carbonyl (C=O) groups is 2. The summed E-state index contributed by atoms with van der Waals surface area (Å²) in [4.78, 5) is 24.3. The van der Waals surface area contributed by atoms with Gasteiger partial charge >= 0.3 is 5.97 Å². The molecule has 5 nitrogen and oxygen atoms in total. The lowest BCUT2D eigenvalue weighted by atomic mass is 10.1. The minimum atomic E-state index is -0.324. The molecule has 1 amide bonds. The number of methoxy groups -OCH3 is 1. The van der Waals surface area contributed by atoms with Gasteiger partial charge in [-0.2, -0.15) is 0 Å². The van der Waals surface area contributed by atoms with E-state index in [1.165, 1.54) is 31.3 Å². The topological polar surface area (TPSA) is 67.4 Å². The molecule has 0 spiro atoms. The standard InChI is InChI=1S/C14H20N2O3S/c1-19-14(18)7-11(12-3-2-6-20-12)16-13(17)9-15-8-10-4-5-10/h2-3,6,10-11,15H,4-5,7-9H2,1H3,(H,16,17). The molecule has 1 aromatic rings. The Bertz CT molecular complexity index is 443. The van der Waals surface area contributed by atoms with Crippen LogP contribution in [-0.2, 0) is 14.3 Å². The molecule has 0 saturated heterocycles. The average molecular weight is 296 g/mol. The van der Waals surface area contributed by atoms with Gasteiger partial charge in [0.1, 0.15) is 0 Å². The normalized spacial score (nSPS) is 15.7. The molecular weight excluding hydrogens is 276 g/mol. The van der Waals surface area contributed by atoms with Crippen molar-refractivity contribution in [3.05, 3.63) is 22.4 Å². The fourth-order valence-electron chi connectivity index (χ4n) is 1.92. The smallest absolute Gasteiger partial charge is 0.307 e. The third-order valence-electron chi connectivity index (χ3n) is 3.24. The Labute approximate surface area is 122 Å². The summed E-state index contributed by atoms with van der Waals surface area (Å²) in [6.45, 7) is 1.19. The van der Waals surface area contributed by atoms with Crippen LogP contribution in [0.4, 0.5) is 0 Å². The van der Waals surface area contributed by atoms with Gasteiger partial charge in [0.05, 0.1) is 26.1 Å². The van der Waals surface area contributed by atoms with Crippen LogP contribution in [0.1, 0.15) is 30.2 Å². The number of carbonyl (C=O) groups excluding carboxylic acids is 2. The Morgan fingerprint density at radius 3 is 2.90 bits per heavy atom. The number of hydrogen-bond donors (Lipinski definition) is 2. The van der Waals surface area contributed by atoms with Crippen LogP contribution < -0.4 is 10.6 Å². The molecule has 1 saturated carbocycles. The lowest BCUT2D eigenvalue weighted by molar-refractivity contribution is -0.141. The highest BCUT2D eigenvalue weighted by Gasteiger charge is 2.22. The van der Waals surface area contributed by atoms with E-state index >= 15 is 0 Å². The van der Waals surface area contributed by atoms with Crippen molar-refractivity contribution in [3.63, 3.8) is 0 Å². The van der Waals surface area contributed by atoms with Gasteiger partial charge in [0.25, 0.3) is 0 Å². The third kappa shape index (κ3) is 4.94. The second-order valence-electron chi connectivity index (χ2n) is 4.99. The summed E-state index contributed by atoms with van der Waals surface area (Å²) in [5.41, 5.74) is 0. The molecule has 20 heavy (non-hydrogen) atoms. The second kappa shape index (κ2) is 7.40. The molecule has 6 heteroatoms. The quantitative estimate of drug-likeness (QED) is 0.713. The van der Waals surface area contributed by atoms with Crippen LogP contribution in [0, 0.1) is 5.92 Å². The largest absolute Gasteiger partial charge is 0.469 e. The highest BCUT2D eigenvalue weighted by Crippen LogP contribution is 2.27. The van der Waals surface area contributed by atoms with E-state index in [2.05, 4.69) is 15.4 Å². The predicted molar refractivity (Wildman–Crippen MR) is 77.4 cm³/mol. The van der Waals surface area contributed by atoms with Crippen molar-refractivity contribution in [3.8, 4) is 0 Å². The Kier molecular flexibility index (Phi) is 5.55. The first kappa shape index (κ1) is 15.0. The van der Waals surface area contributed by atoms with Gasteiger partial charge in [-0.15, -0.1) is 11.3 Å². The molecule has 1 fully saturated rings. The van der Waals surface area contributed by atoms with Crippen LogP contribution in [0.2, 0.25) is 0 Å². The monoisotopic (exact) mass is 296 g/mol. The zero-order chi connectivity index (χ0) is 14.4. The van der Waals surface area contributed by atoms with Gasteiger partial charge in [0.15, 0.2) is 0 Å². The van der Waals surface area contributed by atoms with Crippen molar-refractivity contribution in [1.29, 1.82) is 0 Å². The molecule has 0 aromatic carbocycles. The molecule has 1 aliphatic rings. The highest BCUT2D eigenvalue weighted by molar-refractivity contribution is 7.10. The molecular formula is C14H20N2O3S. The lowest BCUT2D eigenvalue weighted by Crippen LogP contribution is -2.37. The molecule has 0 aliphatic heterocycles. The van der Waals surface area contributed by atoms with Crippen LogP contribution >= 0.6 is 11.3 Å². The Morgan fingerprint density at radius 1 is 1.50 bits per heavy atom. The van der Waals surface area contributed by atoms with Gasteiger partial charge in [-0.1, -0.05) is 6.07 Å². The summed E-state index contributed by atoms with van der Waals surface area (Å²) in [6.07, 6.45) is 2.68. The second-order valence-corrected chi connectivity index (χ2v) is 5.97. The fourth-order valence-corrected chi connectivity index (χ4v) is 2.70. The average Bonchev–Trinajstić information content (AvgIpc) is 3.09. The molecule has 1 heterocycles. The molecule has 0 bridgehead atoms. The Morgan fingerprint density at radius 2 is 2.30 bits per heavy atom. The highest BCUT2D eigenvalue weighted by atomic mass is 32.1. The minimum absolute atomic E-state index is 0.0899. The minimum Gasteiger partial charge on any atom is -0.469 e. The maximum absolute atomic E-state index is 11.9. The maximum Gasteiger partial charge on any atom is 0.307 e. The molecule has 1 atom stereocenters. The van der Waals surface area contributed by atoms with Gasteiger partial charge < -0.3 is 15.4 Å². The predicted octanol–water partition coefficient (Wildman–Crippen LogP) is 1.47. The molecule has 1 aliphatic carbocycles. The summed E-state index contributed by atoms with van der Waals surface area (Å²) >= 11 is 1.52. The third-order valence-corrected chi connectivity index (χ3v) is 4.22. The first-order valence-electron chi connectivity index (χ1n) is 6.79. The Hall–Kier alpha value is -1.40. The first-order chi connectivity index (χ1) is 9.69. The van der Waals surface area contributed by atoms with E-state index < -0.39 is 0 Å². The summed E-state index contributed by atoms with van der Waals surface area (Å²) in [7, 11) is 1.35. The van der Waals surface area contributed by atoms with Gasteiger partial charge in [-0.05, 0) is 36.8 Å². The summed E-state index contributed by atoms with van der Waals surface area (Å²) in [5, 5.41) is 7.95. The van der Waals surface area contributed by atoms with Crippen molar-refractivity contribution in [2.45, 2.75) is 25.3 Å². The van der Waals surface area contributed by atoms with Crippen molar-refractivity contribution >= 4 is 23.2 Å². The zero-order valence-electron chi connectivity index (χ0n) is 11.6. The summed E-state index contributed by atoms with van der Waals surface area (Å²) in [6, 6.07) is 3.51. The SMILES string of the molecule is COC(=O)CC(NC(=O)CNCC1CC1)c1cccs1. The van der Waals surface area contributed by atoms with Crippen molar-refractivity contribution in [1.82, 2.24) is 10.6 Å². The van der Waals surface area contributed by atoms with Crippen LogP contribution in [0.3, 0.4) is 0 Å². The molecule has 2 rings (SSSR count). The summed E-state index contributed by atoms with van der Waals surface area (Å²) in [5.74, 6) is 0.327. The zero-order valence-corrected chi connectivity index (χ0v) is 12.4. The van der Waals surface area contributed by atoms with Crippen LogP contribution in [0.5, 0.6) is 0 Å². The number of ether oxygens (including phenoxy) is 1. The number of nitrogens with one attached hydrogen (secondary N) is 2. The van der Waals surface area contributed by atoms with E-state index in [4.69, 9.17) is 0 Å². The molecule has 0 radical (unpaired) electrons. The number of hydrogen-bond acceptors (Lipinski definition) is 5. The van der Waals surface area contributed by atoms with E-state index in [-0.39, 0.29) is 24.3 Å². The summed E-state index contributed by atoms with van der Waals surface area (Å²) < 4.78 is 4.68. The van der Waals surface area contributed by atoms with Gasteiger partial charge in [-0.3, -0.25) is 9.59 Å². The van der Waals surface area contributed by atoms with Crippen LogP contribution in [0.25, 0.3) is 0 Å². The van der Waals surface area contributed by atoms with E-state index in [9.17, 15) is 9.59 Å². The molecule has 1 unspecified atom stereocenters. The molecule has 1 aromatic heterocycles. The van der Waals surface area contributed by atoms with E-state index in [0.29, 0.717) is 6.54 Å². The van der Waals surface area contributed by atoms with Crippen molar-refractivity contribution in [2.75, 3.05) is 20.2 Å². The molecule has 2 N–H and O–H groups in total. The molecule has 110 valence electrons. The fraction of sp³-hybridized carbons (Fsp3) is 0.571. The Balaban J connectivity index is 1.82. The van der Waals surface area contributed by atoms with E-state index in [1.54, 1.807) is 0 Å². The van der Waals surface area contributed by atoms with Crippen molar-refractivity contribution < 1.29 is 14.3 Å². The number of thiophene rings is 1. The lowest BCUT2D eigenvalue weighted by Gasteiger charge is -2.16. The van der Waals surface area contributed by atoms with Gasteiger partial charge in [0.2, 0.25) is 5.91 Å². The number of rotatable bonds is 8. The van der Waals surface area contributed by atoms with E-state index in [0.717, 1.165) is 17.3 Å². The van der Waals surface area contributed by atoms with Crippen LogP contribution in [0.15, 0.2) is 17.5 Å². The number of esters is 1. The van der Waals surface area contributed by atoms with Gasteiger partial charge in [0, 0.05) is 4.88 Å². The van der Waals surface area contributed by atoms with E-state index in [1.807, 2.05) is 17.5 Å². The number of amides is 1. The first-order valence-corrected chi connectivity index (χ1v) is 7.67.